The third-order valence-corrected chi connectivity index (χ3v) is 4.66. The van der Waals surface area contributed by atoms with E-state index in [1.807, 2.05) is 36.7 Å². The van der Waals surface area contributed by atoms with E-state index in [-0.39, 0.29) is 5.92 Å². The number of H-pyrrole nitrogens is 2. The normalized spacial score (nSPS) is 11.2. The Kier molecular flexibility index (Phi) is 4.02. The molecule has 0 aliphatic heterocycles. The van der Waals surface area contributed by atoms with Crippen molar-refractivity contribution >= 4 is 22.5 Å². The van der Waals surface area contributed by atoms with E-state index in [1.54, 1.807) is 0 Å². The number of para-hydroxylation sites is 2. The van der Waals surface area contributed by atoms with Crippen LogP contribution in [0.4, 0.5) is 5.82 Å². The van der Waals surface area contributed by atoms with Crippen molar-refractivity contribution in [2.45, 2.75) is 26.3 Å². The van der Waals surface area contributed by atoms with Crippen molar-refractivity contribution < 1.29 is 9.38 Å². The summed E-state index contributed by atoms with van der Waals surface area (Å²) in [6.45, 7) is 4.93. The van der Waals surface area contributed by atoms with Crippen LogP contribution in [-0.4, -0.2) is 4.98 Å². The van der Waals surface area contributed by atoms with Crippen molar-refractivity contribution in [2.24, 2.45) is 0 Å². The number of nitrogens with zero attached hydrogens (tertiary/aromatic N) is 2. The van der Waals surface area contributed by atoms with Gasteiger partial charge in [-0.05, 0) is 29.7 Å². The first-order chi connectivity index (χ1) is 12.7. The number of benzene rings is 1. The SMILES string of the molecule is CC(C)c1cc(NCc2ccc[nH+]c2)[n+]2c([nH]c3ccccc32)c1C#N. The molecule has 0 unspecified atom stereocenters. The Morgan fingerprint density at radius 1 is 1.23 bits per heavy atom. The molecule has 0 aliphatic rings. The highest BCUT2D eigenvalue weighted by atomic mass is 15.1. The maximum absolute atomic E-state index is 9.78. The van der Waals surface area contributed by atoms with E-state index in [0.717, 1.165) is 33.6 Å². The number of hydrogen-bond donors (Lipinski definition) is 2. The lowest BCUT2D eigenvalue weighted by molar-refractivity contribution is -0.465. The average Bonchev–Trinajstić information content (AvgIpc) is 3.06. The van der Waals surface area contributed by atoms with Gasteiger partial charge in [-0.1, -0.05) is 26.0 Å². The smallest absolute Gasteiger partial charge is 0.250 e. The van der Waals surface area contributed by atoms with Crippen LogP contribution in [0.5, 0.6) is 0 Å². The molecule has 4 rings (SSSR count). The Bertz CT molecular complexity index is 1120. The molecule has 0 aliphatic carbocycles. The maximum Gasteiger partial charge on any atom is 0.250 e. The molecule has 1 aromatic carbocycles. The molecule has 0 amide bonds. The Morgan fingerprint density at radius 2 is 2.08 bits per heavy atom. The number of pyridine rings is 2. The van der Waals surface area contributed by atoms with Crippen LogP contribution in [0.25, 0.3) is 16.7 Å². The fourth-order valence-electron chi connectivity index (χ4n) is 3.36. The zero-order chi connectivity index (χ0) is 18.1. The van der Waals surface area contributed by atoms with E-state index >= 15 is 0 Å². The van der Waals surface area contributed by atoms with E-state index in [0.29, 0.717) is 12.1 Å². The van der Waals surface area contributed by atoms with E-state index < -0.39 is 0 Å². The molecule has 0 bridgehead atoms. The lowest BCUT2D eigenvalue weighted by Gasteiger charge is -2.11. The molecular formula is C21H21N5+2. The third kappa shape index (κ3) is 2.66. The molecule has 0 saturated heterocycles. The molecule has 5 heteroatoms. The van der Waals surface area contributed by atoms with Gasteiger partial charge in [0.15, 0.2) is 12.4 Å². The van der Waals surface area contributed by atoms with Crippen LogP contribution < -0.4 is 14.7 Å². The molecule has 0 fully saturated rings. The number of aromatic amines is 2. The largest absolute Gasteiger partial charge is 0.301 e. The molecule has 3 N–H and O–H groups in total. The number of rotatable bonds is 4. The van der Waals surface area contributed by atoms with Gasteiger partial charge in [0, 0.05) is 17.7 Å². The summed E-state index contributed by atoms with van der Waals surface area (Å²) in [7, 11) is 0. The van der Waals surface area contributed by atoms with E-state index in [9.17, 15) is 5.26 Å². The number of fused-ring (bicyclic) bond motifs is 3. The second kappa shape index (κ2) is 6.49. The van der Waals surface area contributed by atoms with Crippen LogP contribution in [0.15, 0.2) is 54.9 Å². The van der Waals surface area contributed by atoms with E-state index in [4.69, 9.17) is 0 Å². The highest BCUT2D eigenvalue weighted by Gasteiger charge is 2.23. The minimum absolute atomic E-state index is 0.256. The molecule has 5 nitrogen and oxygen atoms in total. The first-order valence-corrected chi connectivity index (χ1v) is 8.77. The summed E-state index contributed by atoms with van der Waals surface area (Å²) in [5, 5.41) is 13.3. The highest BCUT2D eigenvalue weighted by molar-refractivity contribution is 5.77. The molecule has 3 heterocycles. The summed E-state index contributed by atoms with van der Waals surface area (Å²) in [6.07, 6.45) is 3.88. The topological polar surface area (TPSA) is 69.8 Å². The zero-order valence-electron chi connectivity index (χ0n) is 14.9. The Labute approximate surface area is 151 Å². The monoisotopic (exact) mass is 343 g/mol. The summed E-state index contributed by atoms with van der Waals surface area (Å²) in [5.74, 6) is 1.23. The van der Waals surface area contributed by atoms with Gasteiger partial charge >= 0.3 is 0 Å². The minimum Gasteiger partial charge on any atom is -0.301 e. The molecular weight excluding hydrogens is 322 g/mol. The standard InChI is InChI=1S/C21H19N5/c1-14(2)16-10-20(24-13-15-6-5-9-23-12-15)26-19-8-4-3-7-18(19)25-21(26)17(16)11-22/h3-10,12,14H,13H2,1-2H3,(H,24,25)/p+2. The second-order valence-corrected chi connectivity index (χ2v) is 6.72. The quantitative estimate of drug-likeness (QED) is 0.558. The highest BCUT2D eigenvalue weighted by Crippen LogP contribution is 2.26. The summed E-state index contributed by atoms with van der Waals surface area (Å²) in [6, 6.07) is 16.7. The van der Waals surface area contributed by atoms with Gasteiger partial charge in [-0.3, -0.25) is 4.98 Å². The molecule has 26 heavy (non-hydrogen) atoms. The maximum atomic E-state index is 9.78. The van der Waals surface area contributed by atoms with Crippen molar-refractivity contribution in [3.05, 3.63) is 71.5 Å². The van der Waals surface area contributed by atoms with E-state index in [2.05, 4.69) is 57.8 Å². The first kappa shape index (κ1) is 16.1. The number of imidazole rings is 1. The van der Waals surface area contributed by atoms with Gasteiger partial charge in [0.1, 0.15) is 22.7 Å². The van der Waals surface area contributed by atoms with Crippen LogP contribution in [0.2, 0.25) is 0 Å². The number of nitriles is 1. The lowest BCUT2D eigenvalue weighted by atomic mass is 9.99. The molecule has 4 aromatic rings. The molecule has 0 spiro atoms. The van der Waals surface area contributed by atoms with E-state index in [1.165, 1.54) is 0 Å². The van der Waals surface area contributed by atoms with Crippen molar-refractivity contribution in [1.29, 1.82) is 5.26 Å². The predicted octanol–water partition coefficient (Wildman–Crippen LogP) is 3.33. The van der Waals surface area contributed by atoms with Gasteiger partial charge in [0.25, 0.3) is 0 Å². The molecule has 0 atom stereocenters. The van der Waals surface area contributed by atoms with Crippen molar-refractivity contribution in [3.8, 4) is 6.07 Å². The summed E-state index contributed by atoms with van der Waals surface area (Å²) < 4.78 is 2.10. The van der Waals surface area contributed by atoms with Gasteiger partial charge in [0.2, 0.25) is 11.5 Å². The lowest BCUT2D eigenvalue weighted by Crippen LogP contribution is -2.28. The average molecular weight is 343 g/mol. The Morgan fingerprint density at radius 3 is 2.81 bits per heavy atom. The molecule has 128 valence electrons. The number of nitrogens with one attached hydrogen (secondary N) is 3. The predicted molar refractivity (Wildman–Crippen MR) is 101 cm³/mol. The molecule has 0 radical (unpaired) electrons. The van der Waals surface area contributed by atoms with Crippen LogP contribution in [0.3, 0.4) is 0 Å². The fraction of sp³-hybridized carbons (Fsp3) is 0.190. The second-order valence-electron chi connectivity index (χ2n) is 6.72. The van der Waals surface area contributed by atoms with Crippen molar-refractivity contribution in [2.75, 3.05) is 5.32 Å². The fourth-order valence-corrected chi connectivity index (χ4v) is 3.36. The number of hydrogen-bond acceptors (Lipinski definition) is 2. The third-order valence-electron chi connectivity index (χ3n) is 4.66. The van der Waals surface area contributed by atoms with Crippen molar-refractivity contribution in [3.63, 3.8) is 0 Å². The first-order valence-electron chi connectivity index (χ1n) is 8.77. The van der Waals surface area contributed by atoms with Gasteiger partial charge in [0.05, 0.1) is 6.54 Å². The minimum atomic E-state index is 0.256. The summed E-state index contributed by atoms with van der Waals surface area (Å²) in [4.78, 5) is 6.54. The zero-order valence-corrected chi connectivity index (χ0v) is 14.9. The van der Waals surface area contributed by atoms with Gasteiger partial charge in [-0.25, -0.2) is 4.98 Å². The van der Waals surface area contributed by atoms with Crippen LogP contribution in [-0.2, 0) is 6.54 Å². The van der Waals surface area contributed by atoms with Crippen LogP contribution in [0, 0.1) is 11.3 Å². The van der Waals surface area contributed by atoms with Crippen LogP contribution in [0.1, 0.15) is 36.5 Å². The summed E-state index contributed by atoms with van der Waals surface area (Å²) >= 11 is 0. The van der Waals surface area contributed by atoms with Gasteiger partial charge < -0.3 is 5.32 Å². The van der Waals surface area contributed by atoms with Gasteiger partial charge in [-0.15, -0.1) is 0 Å². The molecule has 0 saturated carbocycles. The van der Waals surface area contributed by atoms with Gasteiger partial charge in [-0.2, -0.15) is 9.66 Å². The summed E-state index contributed by atoms with van der Waals surface area (Å²) in [5.41, 5.74) is 5.81. The number of aromatic nitrogens is 3. The van der Waals surface area contributed by atoms with Crippen LogP contribution >= 0.6 is 0 Å². The molecule has 3 aromatic heterocycles. The van der Waals surface area contributed by atoms with Crippen molar-refractivity contribution in [1.82, 2.24) is 4.98 Å². The Hall–Kier alpha value is -3.39. The Balaban J connectivity index is 1.93. The number of anilines is 1.